The fourth-order valence-electron chi connectivity index (χ4n) is 9.25. The van der Waals surface area contributed by atoms with Gasteiger partial charge in [0.2, 0.25) is 0 Å². The van der Waals surface area contributed by atoms with Crippen LogP contribution in [-0.4, -0.2) is 97.6 Å². The number of hydrogen-bond acceptors (Lipinski definition) is 10. The van der Waals surface area contributed by atoms with Crippen molar-refractivity contribution in [3.63, 3.8) is 0 Å². The molecule has 3 aliphatic rings. The van der Waals surface area contributed by atoms with E-state index in [1.807, 2.05) is 75.4 Å². The molecule has 2 aliphatic heterocycles. The summed E-state index contributed by atoms with van der Waals surface area (Å²) in [7, 11) is 5.46. The molecule has 4 atom stereocenters. The number of carbonyl (C=O) groups excluding carboxylic acids is 1. The van der Waals surface area contributed by atoms with E-state index in [4.69, 9.17) is 28.9 Å². The van der Waals surface area contributed by atoms with Gasteiger partial charge in [0.05, 0.1) is 25.6 Å². The van der Waals surface area contributed by atoms with Crippen LogP contribution in [0.3, 0.4) is 0 Å². The fraction of sp³-hybridized carbons (Fsp3) is 0.531. The van der Waals surface area contributed by atoms with Gasteiger partial charge in [0.1, 0.15) is 35.3 Å². The van der Waals surface area contributed by atoms with E-state index in [1.165, 1.54) is 0 Å². The van der Waals surface area contributed by atoms with Gasteiger partial charge >= 0.3 is 12.1 Å². The summed E-state index contributed by atoms with van der Waals surface area (Å²) < 4.78 is 40.9. The third kappa shape index (κ3) is 10.0. The summed E-state index contributed by atoms with van der Waals surface area (Å²) in [6.07, 6.45) is 3.14. The molecule has 2 saturated heterocycles. The highest BCUT2D eigenvalue weighted by atomic mass is 19.1. The zero-order chi connectivity index (χ0) is 43.6. The average molecular weight is 837 g/mol. The molecule has 0 spiro atoms. The van der Waals surface area contributed by atoms with Crippen molar-refractivity contribution in [2.75, 3.05) is 63.9 Å². The number of likely N-dealkylation sites (tertiary alicyclic amines) is 1. The summed E-state index contributed by atoms with van der Waals surface area (Å²) in [5.74, 6) is 2.18. The van der Waals surface area contributed by atoms with E-state index >= 15 is 4.39 Å². The van der Waals surface area contributed by atoms with Crippen molar-refractivity contribution in [3.05, 3.63) is 99.5 Å². The first-order chi connectivity index (χ1) is 29.1. The maximum Gasteiger partial charge on any atom is 0.410 e. The SMILES string of the molecule is COc1ccc(CN(Cc2ccc(OC)cc2)c2cc(C)c(C)c(C3Cc4nc(OC[C@@H]5CCCN5C)nc(N5CCN(C(=O)OC(C)(C)C)C[C@@H]5C)c4CC3C)c2F)cc1. The molecule has 3 aromatic carbocycles. The standard InChI is InChI=1S/C49H65FN6O5/c1-31-25-43(55(28-35-13-17-38(58-9)18-14-35)29-36-15-19-39(59-10)20-16-36)45(50)44(34(31)4)40-26-42-41(24-32(40)2)46(52-47(51-42)60-30-37-12-11-21-53(37)8)56-23-22-54(27-33(56)3)48(57)61-49(5,6)7/h13-20,25,32-33,37,40H,11-12,21-24,26-30H2,1-10H3/t32?,33-,37-,40?/m0/s1. The number of methoxy groups -OCH3 is 2. The minimum atomic E-state index is -0.573. The number of carbonyl (C=O) groups is 1. The summed E-state index contributed by atoms with van der Waals surface area (Å²) in [6, 6.07) is 18.6. The van der Waals surface area contributed by atoms with Crippen LogP contribution in [0.15, 0.2) is 54.6 Å². The minimum absolute atomic E-state index is 0.0245. The van der Waals surface area contributed by atoms with Gasteiger partial charge in [0.25, 0.3) is 0 Å². The van der Waals surface area contributed by atoms with Gasteiger partial charge < -0.3 is 38.5 Å². The molecule has 2 unspecified atom stereocenters. The number of likely N-dealkylation sites (N-methyl/N-ethyl adjacent to an activating group) is 1. The maximum absolute atomic E-state index is 17.8. The highest BCUT2D eigenvalue weighted by Gasteiger charge is 2.38. The Bertz CT molecular complexity index is 2110. The monoisotopic (exact) mass is 837 g/mol. The second-order valence-corrected chi connectivity index (χ2v) is 18.4. The Morgan fingerprint density at radius 3 is 2.10 bits per heavy atom. The second kappa shape index (κ2) is 18.5. The van der Waals surface area contributed by atoms with Crippen LogP contribution in [0.1, 0.15) is 92.5 Å². The Morgan fingerprint density at radius 1 is 0.902 bits per heavy atom. The van der Waals surface area contributed by atoms with Crippen LogP contribution in [0.2, 0.25) is 0 Å². The summed E-state index contributed by atoms with van der Waals surface area (Å²) in [5.41, 5.74) is 6.85. The zero-order valence-corrected chi connectivity index (χ0v) is 37.9. The van der Waals surface area contributed by atoms with E-state index in [0.717, 1.165) is 75.8 Å². The zero-order valence-electron chi connectivity index (χ0n) is 37.9. The number of aromatic nitrogens is 2. The Kier molecular flexibility index (Phi) is 13.3. The first kappa shape index (κ1) is 44.0. The van der Waals surface area contributed by atoms with Gasteiger partial charge in [0.15, 0.2) is 0 Å². The number of piperazine rings is 1. The minimum Gasteiger partial charge on any atom is -0.497 e. The second-order valence-electron chi connectivity index (χ2n) is 18.4. The number of fused-ring (bicyclic) bond motifs is 1. The topological polar surface area (TPSA) is 92.7 Å². The number of nitrogens with zero attached hydrogens (tertiary/aromatic N) is 6. The molecule has 3 heterocycles. The predicted octanol–water partition coefficient (Wildman–Crippen LogP) is 8.89. The van der Waals surface area contributed by atoms with Gasteiger partial charge in [0, 0.05) is 50.4 Å². The van der Waals surface area contributed by atoms with Gasteiger partial charge in [-0.3, -0.25) is 0 Å². The van der Waals surface area contributed by atoms with Gasteiger partial charge in [-0.25, -0.2) is 9.18 Å². The highest BCUT2D eigenvalue weighted by molar-refractivity contribution is 5.69. The molecule has 0 saturated carbocycles. The molecule has 0 radical (unpaired) electrons. The molecule has 7 rings (SSSR count). The first-order valence-electron chi connectivity index (χ1n) is 21.9. The van der Waals surface area contributed by atoms with E-state index in [0.29, 0.717) is 69.9 Å². The lowest BCUT2D eigenvalue weighted by molar-refractivity contribution is 0.0218. The molecule has 0 N–H and O–H groups in total. The third-order valence-electron chi connectivity index (χ3n) is 12.9. The fourth-order valence-corrected chi connectivity index (χ4v) is 9.25. The summed E-state index contributed by atoms with van der Waals surface area (Å²) in [5, 5.41) is 0. The lowest BCUT2D eigenvalue weighted by Gasteiger charge is -2.42. The van der Waals surface area contributed by atoms with Crippen LogP contribution in [0.4, 0.5) is 20.7 Å². The van der Waals surface area contributed by atoms with Crippen molar-refractivity contribution in [3.8, 4) is 17.5 Å². The van der Waals surface area contributed by atoms with Crippen molar-refractivity contribution in [1.29, 1.82) is 0 Å². The van der Waals surface area contributed by atoms with Crippen LogP contribution >= 0.6 is 0 Å². The molecular weight excluding hydrogens is 772 g/mol. The Morgan fingerprint density at radius 2 is 1.54 bits per heavy atom. The molecule has 12 heteroatoms. The van der Waals surface area contributed by atoms with E-state index in [2.05, 4.69) is 49.4 Å². The smallest absolute Gasteiger partial charge is 0.410 e. The van der Waals surface area contributed by atoms with Crippen LogP contribution in [0.5, 0.6) is 17.5 Å². The molecule has 328 valence electrons. The van der Waals surface area contributed by atoms with Crippen molar-refractivity contribution in [2.24, 2.45) is 5.92 Å². The summed E-state index contributed by atoms with van der Waals surface area (Å²) in [6.45, 7) is 18.4. The molecule has 11 nitrogen and oxygen atoms in total. The number of ether oxygens (including phenoxy) is 4. The summed E-state index contributed by atoms with van der Waals surface area (Å²) in [4.78, 5) is 32.0. The number of anilines is 2. The van der Waals surface area contributed by atoms with E-state index in [-0.39, 0.29) is 29.8 Å². The third-order valence-corrected chi connectivity index (χ3v) is 12.9. The Balaban J connectivity index is 1.24. The van der Waals surface area contributed by atoms with Crippen LogP contribution in [0.25, 0.3) is 0 Å². The largest absolute Gasteiger partial charge is 0.497 e. The quantitative estimate of drug-likeness (QED) is 0.138. The van der Waals surface area contributed by atoms with Crippen molar-refractivity contribution in [1.82, 2.24) is 19.8 Å². The number of rotatable bonds is 12. The molecule has 1 aromatic heterocycles. The predicted molar refractivity (Wildman–Crippen MR) is 239 cm³/mol. The van der Waals surface area contributed by atoms with E-state index in [9.17, 15) is 4.79 Å². The highest BCUT2D eigenvalue weighted by Crippen LogP contribution is 2.45. The first-order valence-corrected chi connectivity index (χ1v) is 21.9. The molecule has 2 fully saturated rings. The Hall–Kier alpha value is -5.10. The van der Waals surface area contributed by atoms with E-state index in [1.54, 1.807) is 19.1 Å². The van der Waals surface area contributed by atoms with Gasteiger partial charge in [-0.2, -0.15) is 9.97 Å². The molecule has 4 aromatic rings. The van der Waals surface area contributed by atoms with Crippen molar-refractivity contribution >= 4 is 17.6 Å². The van der Waals surface area contributed by atoms with E-state index < -0.39 is 5.60 Å². The number of amides is 1. The normalized spacial score (nSPS) is 20.6. The maximum atomic E-state index is 17.8. The van der Waals surface area contributed by atoms with Crippen LogP contribution in [0, 0.1) is 25.6 Å². The van der Waals surface area contributed by atoms with Gasteiger partial charge in [-0.1, -0.05) is 31.2 Å². The lowest BCUT2D eigenvalue weighted by Crippen LogP contribution is -2.55. The number of aryl methyl sites for hydroxylation is 1. The molecule has 1 amide bonds. The Labute approximate surface area is 362 Å². The molecule has 1 aliphatic carbocycles. The van der Waals surface area contributed by atoms with Crippen LogP contribution < -0.4 is 24.0 Å². The van der Waals surface area contributed by atoms with Gasteiger partial charge in [-0.15, -0.1) is 0 Å². The van der Waals surface area contributed by atoms with Gasteiger partial charge in [-0.05, 0) is 151 Å². The number of halogens is 1. The average Bonchev–Trinajstić information content (AvgIpc) is 3.65. The van der Waals surface area contributed by atoms with Crippen molar-refractivity contribution < 1.29 is 28.1 Å². The molecular formula is C49H65FN6O5. The van der Waals surface area contributed by atoms with Crippen LogP contribution in [-0.2, 0) is 30.7 Å². The lowest BCUT2D eigenvalue weighted by atomic mass is 9.73. The van der Waals surface area contributed by atoms with Crippen molar-refractivity contribution in [2.45, 2.75) is 111 Å². The molecule has 0 bridgehead atoms. The number of hydrogen-bond donors (Lipinski definition) is 0. The molecule has 61 heavy (non-hydrogen) atoms. The number of benzene rings is 3. The summed E-state index contributed by atoms with van der Waals surface area (Å²) >= 11 is 0.